The molecule has 3 N–H and O–H groups in total. The van der Waals surface area contributed by atoms with Gasteiger partial charge in [-0.25, -0.2) is 4.98 Å². The second-order valence-corrected chi connectivity index (χ2v) is 3.64. The second kappa shape index (κ2) is 3.82. The van der Waals surface area contributed by atoms with Crippen LogP contribution >= 0.6 is 0 Å². The van der Waals surface area contributed by atoms with Crippen molar-refractivity contribution in [2.75, 3.05) is 0 Å². The summed E-state index contributed by atoms with van der Waals surface area (Å²) in [6.45, 7) is 4.52. The Labute approximate surface area is 88.6 Å². The number of nitrogens with two attached hydrogens (primary N) is 1. The number of nitrogens with zero attached hydrogens (tertiary/aromatic N) is 2. The van der Waals surface area contributed by atoms with Crippen molar-refractivity contribution in [1.82, 2.24) is 15.0 Å². The van der Waals surface area contributed by atoms with Crippen LogP contribution in [0.4, 0.5) is 0 Å². The zero-order valence-corrected chi connectivity index (χ0v) is 8.91. The number of imidazole rings is 1. The summed E-state index contributed by atoms with van der Waals surface area (Å²) in [6.07, 6.45) is 3.59. The summed E-state index contributed by atoms with van der Waals surface area (Å²) < 4.78 is 0. The number of rotatable bonds is 2. The van der Waals surface area contributed by atoms with Crippen molar-refractivity contribution < 1.29 is 0 Å². The summed E-state index contributed by atoms with van der Waals surface area (Å²) in [5, 5.41) is 0. The number of nitrogens with one attached hydrogen (secondary N) is 1. The highest BCUT2D eigenvalue weighted by atomic mass is 15.0. The lowest BCUT2D eigenvalue weighted by atomic mass is 10.1. The van der Waals surface area contributed by atoms with Gasteiger partial charge in [0.2, 0.25) is 0 Å². The number of aromatic nitrogens is 3. The van der Waals surface area contributed by atoms with Gasteiger partial charge in [-0.1, -0.05) is 6.07 Å². The molecular formula is C11H14N4. The Morgan fingerprint density at radius 2 is 2.07 bits per heavy atom. The minimum atomic E-state index is 0.470. The van der Waals surface area contributed by atoms with E-state index in [0.717, 1.165) is 28.3 Å². The Bertz CT molecular complexity index is 473. The topological polar surface area (TPSA) is 67.6 Å². The molecule has 78 valence electrons. The van der Waals surface area contributed by atoms with Crippen molar-refractivity contribution in [3.05, 3.63) is 35.3 Å². The molecule has 15 heavy (non-hydrogen) atoms. The molecule has 0 atom stereocenters. The van der Waals surface area contributed by atoms with Crippen LogP contribution < -0.4 is 5.73 Å². The molecular weight excluding hydrogens is 188 g/mol. The van der Waals surface area contributed by atoms with Crippen LogP contribution in [-0.2, 0) is 6.54 Å². The lowest BCUT2D eigenvalue weighted by molar-refractivity contribution is 1.01. The molecule has 0 saturated heterocycles. The molecule has 4 nitrogen and oxygen atoms in total. The minimum absolute atomic E-state index is 0.470. The van der Waals surface area contributed by atoms with Crippen molar-refractivity contribution in [1.29, 1.82) is 0 Å². The van der Waals surface area contributed by atoms with E-state index in [1.807, 2.05) is 20.0 Å². The van der Waals surface area contributed by atoms with Gasteiger partial charge < -0.3 is 10.7 Å². The lowest BCUT2D eigenvalue weighted by Crippen LogP contribution is -1.96. The third-order valence-corrected chi connectivity index (χ3v) is 2.29. The molecule has 0 fully saturated rings. The van der Waals surface area contributed by atoms with E-state index in [4.69, 9.17) is 5.73 Å². The maximum Gasteiger partial charge on any atom is 0.156 e. The quantitative estimate of drug-likeness (QED) is 0.776. The van der Waals surface area contributed by atoms with Gasteiger partial charge >= 0.3 is 0 Å². The average Bonchev–Trinajstić information content (AvgIpc) is 2.66. The Morgan fingerprint density at radius 1 is 1.27 bits per heavy atom. The molecule has 0 aliphatic rings. The highest BCUT2D eigenvalue weighted by molar-refractivity contribution is 5.55. The third kappa shape index (κ3) is 1.89. The Balaban J connectivity index is 2.44. The van der Waals surface area contributed by atoms with Gasteiger partial charge in [0.15, 0.2) is 5.82 Å². The van der Waals surface area contributed by atoms with E-state index in [1.54, 1.807) is 6.20 Å². The summed E-state index contributed by atoms with van der Waals surface area (Å²) in [6, 6.07) is 2.09. The van der Waals surface area contributed by atoms with Crippen LogP contribution in [0, 0.1) is 13.8 Å². The molecule has 2 aromatic rings. The van der Waals surface area contributed by atoms with Crippen molar-refractivity contribution in [2.45, 2.75) is 20.4 Å². The predicted molar refractivity (Wildman–Crippen MR) is 59.2 cm³/mol. The van der Waals surface area contributed by atoms with Crippen LogP contribution in [0.5, 0.6) is 0 Å². The molecule has 2 aromatic heterocycles. The van der Waals surface area contributed by atoms with Crippen molar-refractivity contribution in [2.24, 2.45) is 5.73 Å². The van der Waals surface area contributed by atoms with Crippen molar-refractivity contribution in [3.8, 4) is 11.5 Å². The SMILES string of the molecule is Cc1cnc(-c2ncc(CN)[nH]2)c(C)c1. The van der Waals surface area contributed by atoms with Crippen LogP contribution in [-0.4, -0.2) is 15.0 Å². The fourth-order valence-electron chi connectivity index (χ4n) is 1.55. The van der Waals surface area contributed by atoms with E-state index in [2.05, 4.69) is 21.0 Å². The van der Waals surface area contributed by atoms with E-state index >= 15 is 0 Å². The smallest absolute Gasteiger partial charge is 0.156 e. The van der Waals surface area contributed by atoms with Gasteiger partial charge in [0.25, 0.3) is 0 Å². The molecule has 0 aliphatic carbocycles. The summed E-state index contributed by atoms with van der Waals surface area (Å²) in [7, 11) is 0. The minimum Gasteiger partial charge on any atom is -0.339 e. The molecule has 0 unspecified atom stereocenters. The van der Waals surface area contributed by atoms with Gasteiger partial charge in [-0.2, -0.15) is 0 Å². The van der Waals surface area contributed by atoms with Crippen molar-refractivity contribution >= 4 is 0 Å². The van der Waals surface area contributed by atoms with E-state index in [1.165, 1.54) is 0 Å². The lowest BCUT2D eigenvalue weighted by Gasteiger charge is -2.02. The molecule has 0 saturated carbocycles. The molecule has 4 heteroatoms. The first kappa shape index (κ1) is 9.86. The van der Waals surface area contributed by atoms with Gasteiger partial charge in [-0.05, 0) is 25.0 Å². The van der Waals surface area contributed by atoms with E-state index in [0.29, 0.717) is 6.54 Å². The highest BCUT2D eigenvalue weighted by Gasteiger charge is 2.07. The third-order valence-electron chi connectivity index (χ3n) is 2.29. The number of aromatic amines is 1. The first-order valence-corrected chi connectivity index (χ1v) is 4.88. The van der Waals surface area contributed by atoms with Crippen LogP contribution in [0.2, 0.25) is 0 Å². The molecule has 0 spiro atoms. The van der Waals surface area contributed by atoms with E-state index in [9.17, 15) is 0 Å². The standard InChI is InChI=1S/C11H14N4/c1-7-3-8(2)10(13-5-7)11-14-6-9(4-12)15-11/h3,5-6H,4,12H2,1-2H3,(H,14,15). The number of hydrogen-bond acceptors (Lipinski definition) is 3. The van der Waals surface area contributed by atoms with E-state index < -0.39 is 0 Å². The maximum atomic E-state index is 5.51. The van der Waals surface area contributed by atoms with Gasteiger partial charge in [0.05, 0.1) is 0 Å². The molecule has 2 heterocycles. The van der Waals surface area contributed by atoms with E-state index in [-0.39, 0.29) is 0 Å². The van der Waals surface area contributed by atoms with Gasteiger partial charge in [-0.15, -0.1) is 0 Å². The first-order chi connectivity index (χ1) is 7.20. The zero-order chi connectivity index (χ0) is 10.8. The summed E-state index contributed by atoms with van der Waals surface area (Å²) in [5.74, 6) is 0.785. The van der Waals surface area contributed by atoms with Crippen LogP contribution in [0.25, 0.3) is 11.5 Å². The highest BCUT2D eigenvalue weighted by Crippen LogP contribution is 2.18. The molecule has 0 radical (unpaired) electrons. The summed E-state index contributed by atoms with van der Waals surface area (Å²) in [5.41, 5.74) is 9.60. The maximum absolute atomic E-state index is 5.51. The number of pyridine rings is 1. The van der Waals surface area contributed by atoms with Crippen LogP contribution in [0.15, 0.2) is 18.5 Å². The summed E-state index contributed by atoms with van der Waals surface area (Å²) in [4.78, 5) is 11.8. The first-order valence-electron chi connectivity index (χ1n) is 4.88. The average molecular weight is 202 g/mol. The number of hydrogen-bond donors (Lipinski definition) is 2. The molecule has 0 amide bonds. The predicted octanol–water partition coefficient (Wildman–Crippen LogP) is 1.55. The normalized spacial score (nSPS) is 10.6. The second-order valence-electron chi connectivity index (χ2n) is 3.64. The molecule has 0 bridgehead atoms. The Hall–Kier alpha value is -1.68. The Morgan fingerprint density at radius 3 is 2.67 bits per heavy atom. The molecule has 0 aliphatic heterocycles. The zero-order valence-electron chi connectivity index (χ0n) is 8.91. The van der Waals surface area contributed by atoms with Crippen LogP contribution in [0.3, 0.4) is 0 Å². The van der Waals surface area contributed by atoms with Crippen LogP contribution in [0.1, 0.15) is 16.8 Å². The fourth-order valence-corrected chi connectivity index (χ4v) is 1.55. The number of aryl methyl sites for hydroxylation is 2. The van der Waals surface area contributed by atoms with Gasteiger partial charge in [0, 0.05) is 24.6 Å². The van der Waals surface area contributed by atoms with Gasteiger partial charge in [0.1, 0.15) is 5.69 Å². The Kier molecular flexibility index (Phi) is 2.51. The molecule has 2 rings (SSSR count). The fraction of sp³-hybridized carbons (Fsp3) is 0.273. The van der Waals surface area contributed by atoms with Crippen molar-refractivity contribution in [3.63, 3.8) is 0 Å². The summed E-state index contributed by atoms with van der Waals surface area (Å²) >= 11 is 0. The van der Waals surface area contributed by atoms with Gasteiger partial charge in [-0.3, -0.25) is 4.98 Å². The number of H-pyrrole nitrogens is 1. The monoisotopic (exact) mass is 202 g/mol. The largest absolute Gasteiger partial charge is 0.339 e. The molecule has 0 aromatic carbocycles.